The minimum Gasteiger partial charge on any atom is -0.371 e. The van der Waals surface area contributed by atoms with E-state index in [0.717, 1.165) is 11.2 Å². The first-order valence-electron chi connectivity index (χ1n) is 6.11. The summed E-state index contributed by atoms with van der Waals surface area (Å²) in [6.07, 6.45) is 2.67. The average Bonchev–Trinajstić information content (AvgIpc) is 2.30. The van der Waals surface area contributed by atoms with Crippen molar-refractivity contribution in [1.29, 1.82) is 0 Å². The zero-order chi connectivity index (χ0) is 11.5. The Morgan fingerprint density at radius 1 is 1.31 bits per heavy atom. The van der Waals surface area contributed by atoms with Gasteiger partial charge in [0.15, 0.2) is 0 Å². The molecule has 2 heteroatoms. The molecule has 0 radical (unpaired) electrons. The maximum absolute atomic E-state index is 3.51. The van der Waals surface area contributed by atoms with E-state index >= 15 is 0 Å². The first kappa shape index (κ1) is 12.0. The third kappa shape index (κ3) is 2.60. The van der Waals surface area contributed by atoms with Crippen molar-refractivity contribution in [3.8, 4) is 0 Å². The molecule has 1 nitrogen and oxygen atoms in total. The molecule has 1 aromatic carbocycles. The van der Waals surface area contributed by atoms with Gasteiger partial charge in [0, 0.05) is 24.1 Å². The summed E-state index contributed by atoms with van der Waals surface area (Å²) in [6, 6.07) is 6.80. The Bertz CT molecular complexity index is 354. The van der Waals surface area contributed by atoms with Gasteiger partial charge in [0.1, 0.15) is 0 Å². The molecule has 0 amide bonds. The number of rotatable bonds is 2. The Morgan fingerprint density at radius 3 is 2.56 bits per heavy atom. The van der Waals surface area contributed by atoms with E-state index in [4.69, 9.17) is 0 Å². The van der Waals surface area contributed by atoms with Gasteiger partial charge in [-0.1, -0.05) is 35.0 Å². The summed E-state index contributed by atoms with van der Waals surface area (Å²) in [6.45, 7) is 7.02. The van der Waals surface area contributed by atoms with Crippen LogP contribution in [0.2, 0.25) is 0 Å². The summed E-state index contributed by atoms with van der Waals surface area (Å²) in [4.78, 5) is 2.54. The quantitative estimate of drug-likeness (QED) is 0.737. The van der Waals surface area contributed by atoms with Crippen molar-refractivity contribution in [2.45, 2.75) is 32.0 Å². The van der Waals surface area contributed by atoms with Crippen LogP contribution in [-0.4, -0.2) is 13.1 Å². The van der Waals surface area contributed by atoms with Gasteiger partial charge in [-0.2, -0.15) is 0 Å². The molecule has 2 rings (SSSR count). The van der Waals surface area contributed by atoms with E-state index < -0.39 is 0 Å². The van der Waals surface area contributed by atoms with E-state index in [-0.39, 0.29) is 0 Å². The topological polar surface area (TPSA) is 3.24 Å². The number of hydrogen-bond acceptors (Lipinski definition) is 1. The second kappa shape index (κ2) is 5.22. The molecule has 0 aliphatic carbocycles. The Balaban J connectivity index is 2.14. The van der Waals surface area contributed by atoms with Gasteiger partial charge in [-0.05, 0) is 42.9 Å². The van der Waals surface area contributed by atoms with Gasteiger partial charge in [0.05, 0.1) is 0 Å². The zero-order valence-corrected chi connectivity index (χ0v) is 11.8. The molecule has 1 aliphatic rings. The smallest absolute Gasteiger partial charge is 0.0396 e. The SMILES string of the molecule is Cc1cc(CBr)ccc1N1CCC(C)CC1. The number of alkyl halides is 1. The zero-order valence-electron chi connectivity index (χ0n) is 10.2. The lowest BCUT2D eigenvalue weighted by atomic mass is 9.98. The van der Waals surface area contributed by atoms with E-state index in [2.05, 4.69) is 52.9 Å². The number of aryl methyl sites for hydroxylation is 1. The fourth-order valence-electron chi connectivity index (χ4n) is 2.40. The van der Waals surface area contributed by atoms with Gasteiger partial charge in [-0.3, -0.25) is 0 Å². The summed E-state index contributed by atoms with van der Waals surface area (Å²) in [5.41, 5.74) is 4.20. The first-order valence-corrected chi connectivity index (χ1v) is 7.23. The second-order valence-electron chi connectivity index (χ2n) is 4.92. The second-order valence-corrected chi connectivity index (χ2v) is 5.48. The van der Waals surface area contributed by atoms with Gasteiger partial charge in [-0.25, -0.2) is 0 Å². The molecule has 1 fully saturated rings. The van der Waals surface area contributed by atoms with Crippen molar-refractivity contribution < 1.29 is 0 Å². The summed E-state index contributed by atoms with van der Waals surface area (Å²) in [7, 11) is 0. The van der Waals surface area contributed by atoms with Gasteiger partial charge < -0.3 is 4.90 Å². The third-order valence-corrected chi connectivity index (χ3v) is 4.19. The standard InChI is InChI=1S/C14H20BrN/c1-11-5-7-16(8-6-11)14-4-3-13(10-15)9-12(14)2/h3-4,9,11H,5-8,10H2,1-2H3. The number of piperidine rings is 1. The molecule has 0 saturated carbocycles. The van der Waals surface area contributed by atoms with Crippen molar-refractivity contribution in [3.05, 3.63) is 29.3 Å². The van der Waals surface area contributed by atoms with Crippen LogP contribution in [0.4, 0.5) is 5.69 Å². The van der Waals surface area contributed by atoms with Gasteiger partial charge in [0.2, 0.25) is 0 Å². The monoisotopic (exact) mass is 281 g/mol. The first-order chi connectivity index (χ1) is 7.70. The third-order valence-electron chi connectivity index (χ3n) is 3.54. The Morgan fingerprint density at radius 2 is 2.00 bits per heavy atom. The normalized spacial score (nSPS) is 17.8. The Labute approximate surface area is 107 Å². The highest BCUT2D eigenvalue weighted by molar-refractivity contribution is 9.08. The molecule has 1 saturated heterocycles. The number of nitrogens with zero attached hydrogens (tertiary/aromatic N) is 1. The molecular formula is C14H20BrN. The lowest BCUT2D eigenvalue weighted by Gasteiger charge is -2.33. The van der Waals surface area contributed by atoms with Crippen LogP contribution in [0.15, 0.2) is 18.2 Å². The van der Waals surface area contributed by atoms with Crippen LogP contribution in [0.5, 0.6) is 0 Å². The largest absolute Gasteiger partial charge is 0.371 e. The molecule has 0 spiro atoms. The van der Waals surface area contributed by atoms with E-state index in [9.17, 15) is 0 Å². The summed E-state index contributed by atoms with van der Waals surface area (Å²) < 4.78 is 0. The molecule has 0 N–H and O–H groups in total. The van der Waals surface area contributed by atoms with Gasteiger partial charge >= 0.3 is 0 Å². The average molecular weight is 282 g/mol. The lowest BCUT2D eigenvalue weighted by molar-refractivity contribution is 0.438. The number of halogens is 1. The molecule has 16 heavy (non-hydrogen) atoms. The molecule has 1 aliphatic heterocycles. The van der Waals surface area contributed by atoms with Crippen LogP contribution in [0.1, 0.15) is 30.9 Å². The van der Waals surface area contributed by atoms with E-state index in [0.29, 0.717) is 0 Å². The summed E-state index contributed by atoms with van der Waals surface area (Å²) in [5, 5.41) is 0.950. The van der Waals surface area contributed by atoms with Crippen molar-refractivity contribution in [2.24, 2.45) is 5.92 Å². The fourth-order valence-corrected chi connectivity index (χ4v) is 2.75. The Hall–Kier alpha value is -0.500. The van der Waals surface area contributed by atoms with Gasteiger partial charge in [0.25, 0.3) is 0 Å². The van der Waals surface area contributed by atoms with Crippen molar-refractivity contribution in [2.75, 3.05) is 18.0 Å². The van der Waals surface area contributed by atoms with Gasteiger partial charge in [-0.15, -0.1) is 0 Å². The maximum atomic E-state index is 3.51. The maximum Gasteiger partial charge on any atom is 0.0396 e. The molecule has 0 unspecified atom stereocenters. The summed E-state index contributed by atoms with van der Waals surface area (Å²) >= 11 is 3.51. The van der Waals surface area contributed by atoms with E-state index in [1.165, 1.54) is 42.7 Å². The van der Waals surface area contributed by atoms with Crippen LogP contribution < -0.4 is 4.90 Å². The predicted molar refractivity (Wildman–Crippen MR) is 74.4 cm³/mol. The van der Waals surface area contributed by atoms with Crippen molar-refractivity contribution in [1.82, 2.24) is 0 Å². The molecule has 0 atom stereocenters. The highest BCUT2D eigenvalue weighted by Gasteiger charge is 2.17. The van der Waals surface area contributed by atoms with Crippen molar-refractivity contribution in [3.63, 3.8) is 0 Å². The predicted octanol–water partition coefficient (Wildman–Crippen LogP) is 4.13. The molecule has 88 valence electrons. The highest BCUT2D eigenvalue weighted by Crippen LogP contribution is 2.27. The lowest BCUT2D eigenvalue weighted by Crippen LogP contribution is -2.33. The Kier molecular flexibility index (Phi) is 3.91. The van der Waals surface area contributed by atoms with E-state index in [1.807, 2.05) is 0 Å². The van der Waals surface area contributed by atoms with Crippen LogP contribution in [-0.2, 0) is 5.33 Å². The highest BCUT2D eigenvalue weighted by atomic mass is 79.9. The van der Waals surface area contributed by atoms with Crippen LogP contribution in [0, 0.1) is 12.8 Å². The van der Waals surface area contributed by atoms with E-state index in [1.54, 1.807) is 0 Å². The number of hydrogen-bond donors (Lipinski definition) is 0. The molecular weight excluding hydrogens is 262 g/mol. The van der Waals surface area contributed by atoms with Crippen LogP contribution in [0.25, 0.3) is 0 Å². The number of anilines is 1. The molecule has 0 bridgehead atoms. The molecule has 1 heterocycles. The summed E-state index contributed by atoms with van der Waals surface area (Å²) in [5.74, 6) is 0.901. The van der Waals surface area contributed by atoms with Crippen LogP contribution >= 0.6 is 15.9 Å². The fraction of sp³-hybridized carbons (Fsp3) is 0.571. The number of benzene rings is 1. The molecule has 0 aromatic heterocycles. The molecule has 1 aromatic rings. The minimum absolute atomic E-state index is 0.901. The minimum atomic E-state index is 0.901. The van der Waals surface area contributed by atoms with Crippen LogP contribution in [0.3, 0.4) is 0 Å². The van der Waals surface area contributed by atoms with Crippen molar-refractivity contribution >= 4 is 21.6 Å².